The fraction of sp³-hybridized carbons (Fsp3) is 0.423. The van der Waals surface area contributed by atoms with Crippen LogP contribution in [-0.4, -0.2) is 48.1 Å². The van der Waals surface area contributed by atoms with Crippen LogP contribution in [-0.2, 0) is 14.3 Å². The average Bonchev–Trinajstić information content (AvgIpc) is 2.78. The van der Waals surface area contributed by atoms with Gasteiger partial charge in [0.2, 0.25) is 5.91 Å². The van der Waals surface area contributed by atoms with Crippen LogP contribution in [0, 0.1) is 0 Å². The van der Waals surface area contributed by atoms with E-state index in [4.69, 9.17) is 9.47 Å². The van der Waals surface area contributed by atoms with E-state index in [0.29, 0.717) is 30.0 Å². The van der Waals surface area contributed by atoms with Gasteiger partial charge < -0.3 is 25.0 Å². The van der Waals surface area contributed by atoms with Crippen LogP contribution >= 0.6 is 0 Å². The van der Waals surface area contributed by atoms with Crippen molar-refractivity contribution in [2.24, 2.45) is 0 Å². The molecule has 2 unspecified atom stereocenters. The number of nitrogens with zero attached hydrogens (tertiary/aromatic N) is 1. The third kappa shape index (κ3) is 7.79. The first-order valence-corrected chi connectivity index (χ1v) is 11.4. The van der Waals surface area contributed by atoms with Crippen LogP contribution in [0.3, 0.4) is 0 Å². The lowest BCUT2D eigenvalue weighted by atomic mass is 10.0. The SMILES string of the molecule is CCCN(C(=O)C(C)NC(=O)OC(C)(C)C)C(C(=O)Nc1ccc(OC)cc1)c1ccccc1. The van der Waals surface area contributed by atoms with Crippen LogP contribution in [0.5, 0.6) is 5.75 Å². The summed E-state index contributed by atoms with van der Waals surface area (Å²) < 4.78 is 10.4. The number of amides is 3. The van der Waals surface area contributed by atoms with Crippen LogP contribution in [0.15, 0.2) is 54.6 Å². The van der Waals surface area contributed by atoms with Gasteiger partial charge in [-0.05, 0) is 63.9 Å². The zero-order valence-corrected chi connectivity index (χ0v) is 20.8. The lowest BCUT2D eigenvalue weighted by molar-refractivity contribution is -0.140. The molecule has 2 N–H and O–H groups in total. The number of hydrogen-bond donors (Lipinski definition) is 2. The van der Waals surface area contributed by atoms with Gasteiger partial charge in [-0.3, -0.25) is 9.59 Å². The van der Waals surface area contributed by atoms with E-state index in [1.807, 2.05) is 25.1 Å². The molecule has 184 valence electrons. The van der Waals surface area contributed by atoms with E-state index < -0.39 is 23.8 Å². The summed E-state index contributed by atoms with van der Waals surface area (Å²) in [5.74, 6) is -0.0727. The van der Waals surface area contributed by atoms with E-state index in [2.05, 4.69) is 10.6 Å². The van der Waals surface area contributed by atoms with Gasteiger partial charge >= 0.3 is 6.09 Å². The molecule has 0 aliphatic heterocycles. The Balaban J connectivity index is 2.31. The van der Waals surface area contributed by atoms with Crippen molar-refractivity contribution in [3.63, 3.8) is 0 Å². The van der Waals surface area contributed by atoms with Gasteiger partial charge in [0.1, 0.15) is 23.4 Å². The summed E-state index contributed by atoms with van der Waals surface area (Å²) in [6.45, 7) is 9.08. The maximum atomic E-state index is 13.5. The number of rotatable bonds is 9. The van der Waals surface area contributed by atoms with Crippen molar-refractivity contribution in [2.45, 2.75) is 58.7 Å². The Bertz CT molecular complexity index is 955. The average molecular weight is 470 g/mol. The van der Waals surface area contributed by atoms with Crippen LogP contribution in [0.2, 0.25) is 0 Å². The second kappa shape index (κ2) is 12.1. The molecule has 0 saturated heterocycles. The zero-order valence-electron chi connectivity index (χ0n) is 20.8. The largest absolute Gasteiger partial charge is 0.497 e. The van der Waals surface area contributed by atoms with Crippen LogP contribution in [0.4, 0.5) is 10.5 Å². The van der Waals surface area contributed by atoms with Gasteiger partial charge in [0.25, 0.3) is 5.91 Å². The standard InChI is InChI=1S/C26H35N3O5/c1-7-17-29(24(31)18(2)27-25(32)34-26(3,4)5)22(19-11-9-8-10-12-19)23(30)28-20-13-15-21(33-6)16-14-20/h8-16,18,22H,7,17H2,1-6H3,(H,27,32)(H,28,30). The van der Waals surface area contributed by atoms with Crippen molar-refractivity contribution in [1.29, 1.82) is 0 Å². The number of methoxy groups -OCH3 is 1. The number of anilines is 1. The molecule has 8 nitrogen and oxygen atoms in total. The number of carbonyl (C=O) groups excluding carboxylic acids is 3. The van der Waals surface area contributed by atoms with Gasteiger partial charge in [0.05, 0.1) is 7.11 Å². The molecule has 0 bridgehead atoms. The first-order chi connectivity index (χ1) is 16.1. The lowest BCUT2D eigenvalue weighted by Crippen LogP contribution is -2.51. The molecule has 0 heterocycles. The topological polar surface area (TPSA) is 97.0 Å². The molecule has 0 aliphatic carbocycles. The van der Waals surface area contributed by atoms with Crippen molar-refractivity contribution in [2.75, 3.05) is 19.0 Å². The van der Waals surface area contributed by atoms with Gasteiger partial charge in [-0.15, -0.1) is 0 Å². The summed E-state index contributed by atoms with van der Waals surface area (Å²) in [5, 5.41) is 5.48. The number of alkyl carbamates (subject to hydrolysis) is 1. The molecule has 0 aliphatic rings. The number of benzene rings is 2. The third-order valence-electron chi connectivity index (χ3n) is 4.88. The molecule has 2 rings (SSSR count). The Labute approximate surface area is 201 Å². The van der Waals surface area contributed by atoms with E-state index in [9.17, 15) is 14.4 Å². The van der Waals surface area contributed by atoms with Gasteiger partial charge in [-0.25, -0.2) is 4.79 Å². The molecule has 8 heteroatoms. The van der Waals surface area contributed by atoms with E-state index in [0.717, 1.165) is 0 Å². The molecule has 0 saturated carbocycles. The fourth-order valence-corrected chi connectivity index (χ4v) is 3.40. The van der Waals surface area contributed by atoms with E-state index in [1.54, 1.807) is 71.2 Å². The first-order valence-electron chi connectivity index (χ1n) is 11.4. The fourth-order valence-electron chi connectivity index (χ4n) is 3.40. The van der Waals surface area contributed by atoms with E-state index >= 15 is 0 Å². The summed E-state index contributed by atoms with van der Waals surface area (Å²) in [6, 6.07) is 14.3. The minimum Gasteiger partial charge on any atom is -0.497 e. The monoisotopic (exact) mass is 469 g/mol. The van der Waals surface area contributed by atoms with E-state index in [1.165, 1.54) is 4.90 Å². The second-order valence-electron chi connectivity index (χ2n) is 8.93. The molecule has 2 aromatic rings. The predicted octanol–water partition coefficient (Wildman–Crippen LogP) is 4.53. The number of ether oxygens (including phenoxy) is 2. The number of hydrogen-bond acceptors (Lipinski definition) is 5. The van der Waals surface area contributed by atoms with Crippen LogP contribution < -0.4 is 15.4 Å². The van der Waals surface area contributed by atoms with Crippen LogP contribution in [0.1, 0.15) is 52.6 Å². The molecule has 3 amide bonds. The molecular weight excluding hydrogens is 434 g/mol. The normalized spacial score (nSPS) is 12.8. The van der Waals surface area contributed by atoms with Gasteiger partial charge in [0.15, 0.2) is 0 Å². The summed E-state index contributed by atoms with van der Waals surface area (Å²) in [5.41, 5.74) is 0.552. The molecule has 0 radical (unpaired) electrons. The van der Waals surface area contributed by atoms with Crippen molar-refractivity contribution in [1.82, 2.24) is 10.2 Å². The quantitative estimate of drug-likeness (QED) is 0.563. The molecule has 0 fully saturated rings. The minimum atomic E-state index is -0.890. The van der Waals surface area contributed by atoms with Gasteiger partial charge in [-0.1, -0.05) is 37.3 Å². The molecule has 0 spiro atoms. The molecule has 0 aromatic heterocycles. The summed E-state index contributed by atoms with van der Waals surface area (Å²) in [4.78, 5) is 40.6. The van der Waals surface area contributed by atoms with Crippen molar-refractivity contribution < 1.29 is 23.9 Å². The Morgan fingerprint density at radius 1 is 1.00 bits per heavy atom. The van der Waals surface area contributed by atoms with Crippen molar-refractivity contribution in [3.8, 4) is 5.75 Å². The summed E-state index contributed by atoms with van der Waals surface area (Å²) in [7, 11) is 1.57. The predicted molar refractivity (Wildman–Crippen MR) is 132 cm³/mol. The summed E-state index contributed by atoms with van der Waals surface area (Å²) in [6.07, 6.45) is -0.0620. The molecule has 2 aromatic carbocycles. The Morgan fingerprint density at radius 3 is 2.15 bits per heavy atom. The number of nitrogens with one attached hydrogen (secondary N) is 2. The lowest BCUT2D eigenvalue weighted by Gasteiger charge is -2.33. The number of carbonyl (C=O) groups is 3. The van der Waals surface area contributed by atoms with Crippen molar-refractivity contribution >= 4 is 23.6 Å². The van der Waals surface area contributed by atoms with Gasteiger partial charge in [-0.2, -0.15) is 0 Å². The zero-order chi connectivity index (χ0) is 25.3. The molecule has 2 atom stereocenters. The molecular formula is C26H35N3O5. The maximum Gasteiger partial charge on any atom is 0.408 e. The highest BCUT2D eigenvalue weighted by Gasteiger charge is 2.34. The smallest absolute Gasteiger partial charge is 0.408 e. The Kier molecular flexibility index (Phi) is 9.47. The first kappa shape index (κ1) is 26.7. The van der Waals surface area contributed by atoms with Crippen LogP contribution in [0.25, 0.3) is 0 Å². The highest BCUT2D eigenvalue weighted by atomic mass is 16.6. The Hall–Kier alpha value is -3.55. The summed E-state index contributed by atoms with van der Waals surface area (Å²) >= 11 is 0. The minimum absolute atomic E-state index is 0.328. The van der Waals surface area contributed by atoms with Crippen molar-refractivity contribution in [3.05, 3.63) is 60.2 Å². The highest BCUT2D eigenvalue weighted by molar-refractivity contribution is 5.99. The van der Waals surface area contributed by atoms with E-state index in [-0.39, 0.29) is 11.8 Å². The third-order valence-corrected chi connectivity index (χ3v) is 4.88. The Morgan fingerprint density at radius 2 is 1.62 bits per heavy atom. The molecule has 34 heavy (non-hydrogen) atoms. The van der Waals surface area contributed by atoms with Gasteiger partial charge in [0, 0.05) is 12.2 Å². The highest BCUT2D eigenvalue weighted by Crippen LogP contribution is 2.25. The maximum absolute atomic E-state index is 13.5. The second-order valence-corrected chi connectivity index (χ2v) is 8.93.